The second kappa shape index (κ2) is 5.36. The number of rotatable bonds is 3. The molecule has 21 heavy (non-hydrogen) atoms. The Morgan fingerprint density at radius 3 is 2.67 bits per heavy atom. The third-order valence-electron chi connectivity index (χ3n) is 3.25. The molecule has 1 aromatic heterocycles. The Balaban J connectivity index is 2.89. The molecule has 0 bridgehead atoms. The van der Waals surface area contributed by atoms with Crippen LogP contribution < -0.4 is 17.1 Å². The van der Waals surface area contributed by atoms with Crippen molar-refractivity contribution in [2.75, 3.05) is 5.84 Å². The van der Waals surface area contributed by atoms with Crippen molar-refractivity contribution in [2.45, 2.75) is 26.3 Å². The van der Waals surface area contributed by atoms with Crippen LogP contribution in [0.1, 0.15) is 18.4 Å². The number of aryl methyl sites for hydroxylation is 2. The van der Waals surface area contributed by atoms with Crippen LogP contribution in [0.5, 0.6) is 0 Å². The van der Waals surface area contributed by atoms with Crippen LogP contribution in [0.3, 0.4) is 0 Å². The van der Waals surface area contributed by atoms with Crippen LogP contribution in [0.2, 0.25) is 0 Å². The van der Waals surface area contributed by atoms with Gasteiger partial charge in [0, 0.05) is 18.5 Å². The number of hydrogen-bond acceptors (Lipinski definition) is 4. The van der Waals surface area contributed by atoms with E-state index < -0.39 is 22.9 Å². The minimum absolute atomic E-state index is 0.00328. The molecule has 0 aliphatic heterocycles. The highest BCUT2D eigenvalue weighted by Gasteiger charge is 2.18. The van der Waals surface area contributed by atoms with Crippen LogP contribution in [0.15, 0.2) is 15.7 Å². The second-order valence-electron chi connectivity index (χ2n) is 4.56. The molecule has 0 atom stereocenters. The SMILES string of the molecule is Cc1c(F)c(F)cc2c(=O)n(N)c(=O)n(CCCC#N)c12. The van der Waals surface area contributed by atoms with Crippen molar-refractivity contribution in [1.82, 2.24) is 9.24 Å². The predicted molar refractivity (Wildman–Crippen MR) is 72.1 cm³/mol. The molecule has 0 amide bonds. The van der Waals surface area contributed by atoms with Gasteiger partial charge in [-0.2, -0.15) is 9.94 Å². The molecule has 0 fully saturated rings. The van der Waals surface area contributed by atoms with Gasteiger partial charge in [0.2, 0.25) is 0 Å². The average Bonchev–Trinajstić information content (AvgIpc) is 2.46. The molecule has 0 aliphatic rings. The van der Waals surface area contributed by atoms with Crippen LogP contribution in [0, 0.1) is 29.9 Å². The van der Waals surface area contributed by atoms with Crippen LogP contribution in [-0.4, -0.2) is 9.24 Å². The highest BCUT2D eigenvalue weighted by atomic mass is 19.2. The molecule has 1 aromatic carbocycles. The maximum absolute atomic E-state index is 13.7. The van der Waals surface area contributed by atoms with Gasteiger partial charge in [-0.05, 0) is 19.4 Å². The van der Waals surface area contributed by atoms with Gasteiger partial charge in [0.25, 0.3) is 5.56 Å². The molecule has 0 aliphatic carbocycles. The van der Waals surface area contributed by atoms with E-state index in [1.54, 1.807) is 0 Å². The first-order chi connectivity index (χ1) is 9.90. The first kappa shape index (κ1) is 14.7. The van der Waals surface area contributed by atoms with Gasteiger partial charge in [0.15, 0.2) is 11.6 Å². The molecular weight excluding hydrogens is 282 g/mol. The summed E-state index contributed by atoms with van der Waals surface area (Å²) < 4.78 is 28.6. The number of fused-ring (bicyclic) bond motifs is 1. The number of aromatic nitrogens is 2. The average molecular weight is 294 g/mol. The standard InChI is InChI=1S/C13H12F2N4O2/c1-7-10(15)9(14)6-8-11(7)18(5-3-2-4-16)13(21)19(17)12(8)20/h6H,2-3,5,17H2,1H3. The molecule has 0 spiro atoms. The number of halogens is 2. The zero-order valence-electron chi connectivity index (χ0n) is 11.2. The minimum Gasteiger partial charge on any atom is -0.332 e. The van der Waals surface area contributed by atoms with E-state index >= 15 is 0 Å². The van der Waals surface area contributed by atoms with Crippen molar-refractivity contribution in [1.29, 1.82) is 5.26 Å². The summed E-state index contributed by atoms with van der Waals surface area (Å²) in [6, 6.07) is 2.64. The van der Waals surface area contributed by atoms with Gasteiger partial charge in [-0.25, -0.2) is 13.6 Å². The summed E-state index contributed by atoms with van der Waals surface area (Å²) in [5, 5.41) is 8.36. The zero-order chi connectivity index (χ0) is 15.7. The largest absolute Gasteiger partial charge is 0.350 e. The maximum atomic E-state index is 13.7. The first-order valence-electron chi connectivity index (χ1n) is 6.16. The summed E-state index contributed by atoms with van der Waals surface area (Å²) in [6.45, 7) is 1.35. The maximum Gasteiger partial charge on any atom is 0.350 e. The molecular formula is C13H12F2N4O2. The van der Waals surface area contributed by atoms with Gasteiger partial charge in [0.05, 0.1) is 17.0 Å². The quantitative estimate of drug-likeness (QED) is 0.668. The van der Waals surface area contributed by atoms with E-state index in [1.807, 2.05) is 6.07 Å². The Bertz CT molecular complexity index is 877. The smallest absolute Gasteiger partial charge is 0.332 e. The number of nitrogens with two attached hydrogens (primary N) is 1. The fourth-order valence-electron chi connectivity index (χ4n) is 2.22. The van der Waals surface area contributed by atoms with Crippen LogP contribution >= 0.6 is 0 Å². The zero-order valence-corrected chi connectivity index (χ0v) is 11.2. The molecule has 0 unspecified atom stereocenters. The first-order valence-corrected chi connectivity index (χ1v) is 6.16. The lowest BCUT2D eigenvalue weighted by atomic mass is 10.1. The van der Waals surface area contributed by atoms with Gasteiger partial charge in [-0.15, -0.1) is 0 Å². The summed E-state index contributed by atoms with van der Waals surface area (Å²) in [5.74, 6) is 3.08. The number of hydrogen-bond donors (Lipinski definition) is 1. The van der Waals surface area contributed by atoms with Crippen molar-refractivity contribution in [3.8, 4) is 6.07 Å². The molecule has 0 radical (unpaired) electrons. The molecule has 2 aromatic rings. The molecule has 2 N–H and O–H groups in total. The monoisotopic (exact) mass is 294 g/mol. The third-order valence-corrected chi connectivity index (χ3v) is 3.25. The van der Waals surface area contributed by atoms with E-state index in [9.17, 15) is 18.4 Å². The fourth-order valence-corrected chi connectivity index (χ4v) is 2.22. The van der Waals surface area contributed by atoms with Gasteiger partial charge in [-0.3, -0.25) is 9.36 Å². The number of nitrogens with zero attached hydrogens (tertiary/aromatic N) is 3. The van der Waals surface area contributed by atoms with E-state index in [2.05, 4.69) is 0 Å². The second-order valence-corrected chi connectivity index (χ2v) is 4.56. The van der Waals surface area contributed by atoms with Crippen molar-refractivity contribution in [3.63, 3.8) is 0 Å². The van der Waals surface area contributed by atoms with Crippen LogP contribution in [-0.2, 0) is 6.54 Å². The van der Waals surface area contributed by atoms with Gasteiger partial charge in [-0.1, -0.05) is 0 Å². The van der Waals surface area contributed by atoms with Crippen LogP contribution in [0.4, 0.5) is 8.78 Å². The minimum atomic E-state index is -1.18. The van der Waals surface area contributed by atoms with E-state index in [0.29, 0.717) is 11.1 Å². The molecule has 8 heteroatoms. The van der Waals surface area contributed by atoms with Gasteiger partial charge < -0.3 is 5.84 Å². The summed E-state index contributed by atoms with van der Waals surface area (Å²) in [7, 11) is 0. The Hall–Kier alpha value is -2.69. The molecule has 2 rings (SSSR count). The van der Waals surface area contributed by atoms with Crippen molar-refractivity contribution < 1.29 is 8.78 Å². The van der Waals surface area contributed by atoms with E-state index in [1.165, 1.54) is 6.92 Å². The number of nitriles is 1. The molecule has 1 heterocycles. The number of benzene rings is 1. The Morgan fingerprint density at radius 1 is 1.38 bits per heavy atom. The predicted octanol–water partition coefficient (Wildman–Crippen LogP) is 0.767. The Labute approximate surface area is 117 Å². The van der Waals surface area contributed by atoms with E-state index in [0.717, 1.165) is 10.6 Å². The highest BCUT2D eigenvalue weighted by Crippen LogP contribution is 2.20. The lowest BCUT2D eigenvalue weighted by Gasteiger charge is -2.14. The van der Waals surface area contributed by atoms with Crippen molar-refractivity contribution >= 4 is 10.9 Å². The summed E-state index contributed by atoms with van der Waals surface area (Å²) >= 11 is 0. The highest BCUT2D eigenvalue weighted by molar-refractivity contribution is 5.81. The van der Waals surface area contributed by atoms with Crippen LogP contribution in [0.25, 0.3) is 10.9 Å². The van der Waals surface area contributed by atoms with Crippen molar-refractivity contribution in [2.24, 2.45) is 0 Å². The van der Waals surface area contributed by atoms with E-state index in [-0.39, 0.29) is 29.4 Å². The third kappa shape index (κ3) is 2.27. The normalized spacial score (nSPS) is 10.8. The lowest BCUT2D eigenvalue weighted by molar-refractivity contribution is 0.503. The van der Waals surface area contributed by atoms with Crippen molar-refractivity contribution in [3.05, 3.63) is 44.1 Å². The lowest BCUT2D eigenvalue weighted by Crippen LogP contribution is -2.45. The summed E-state index contributed by atoms with van der Waals surface area (Å²) in [5.41, 5.74) is -1.87. The Kier molecular flexibility index (Phi) is 3.76. The van der Waals surface area contributed by atoms with E-state index in [4.69, 9.17) is 11.1 Å². The summed E-state index contributed by atoms with van der Waals surface area (Å²) in [6.07, 6.45) is 0.502. The molecule has 110 valence electrons. The van der Waals surface area contributed by atoms with Gasteiger partial charge >= 0.3 is 5.69 Å². The Morgan fingerprint density at radius 2 is 2.05 bits per heavy atom. The topological polar surface area (TPSA) is 93.8 Å². The fraction of sp³-hybridized carbons (Fsp3) is 0.308. The molecule has 6 nitrogen and oxygen atoms in total. The summed E-state index contributed by atoms with van der Waals surface area (Å²) in [4.78, 5) is 24.0. The van der Waals surface area contributed by atoms with Gasteiger partial charge in [0.1, 0.15) is 0 Å². The molecule has 0 saturated heterocycles. The number of unbranched alkanes of at least 4 members (excludes halogenated alkanes) is 1. The number of nitrogen functional groups attached to an aromatic ring is 1. The molecule has 0 saturated carbocycles.